The minimum atomic E-state index is -5.36. The van der Waals surface area contributed by atoms with Crippen molar-refractivity contribution in [1.82, 2.24) is 0 Å². The Labute approximate surface area is 276 Å². The summed E-state index contributed by atoms with van der Waals surface area (Å²) in [7, 11) is 0. The van der Waals surface area contributed by atoms with E-state index in [1.54, 1.807) is 13.8 Å². The van der Waals surface area contributed by atoms with Crippen molar-refractivity contribution in [2.75, 3.05) is 11.5 Å². The Bertz CT molecular complexity index is 1640. The highest BCUT2D eigenvalue weighted by Crippen LogP contribution is 2.46. The number of hydrogen-bond acceptors (Lipinski definition) is 6. The maximum atomic E-state index is 13.8. The fourth-order valence-corrected chi connectivity index (χ4v) is 3.72. The number of hydrogen-bond donors (Lipinski definition) is 2. The molecule has 0 heterocycles. The lowest BCUT2D eigenvalue weighted by Crippen LogP contribution is -2.35. The third-order valence-corrected chi connectivity index (χ3v) is 7.51. The number of alkyl halides is 12. The lowest BCUT2D eigenvalue weighted by molar-refractivity contribution is -0.395. The van der Waals surface area contributed by atoms with E-state index in [1.807, 2.05) is 0 Å². The van der Waals surface area contributed by atoms with E-state index in [0.29, 0.717) is 31.5 Å². The molecule has 3 aromatic rings. The molecule has 0 aromatic heterocycles. The van der Waals surface area contributed by atoms with Crippen LogP contribution in [0.3, 0.4) is 0 Å². The van der Waals surface area contributed by atoms with Crippen LogP contribution in [-0.2, 0) is 17.0 Å². The summed E-state index contributed by atoms with van der Waals surface area (Å²) < 4.78 is 152. The number of nitrogens with zero attached hydrogens (tertiary/aromatic N) is 2. The zero-order chi connectivity index (χ0) is 39.6. The maximum absolute atomic E-state index is 13.8. The number of nitro benzene ring substituents is 2. The van der Waals surface area contributed by atoms with Crippen molar-refractivity contribution >= 4 is 22.7 Å². The Morgan fingerprint density at radius 1 is 0.500 bits per heavy atom. The molecule has 0 bridgehead atoms. The fraction of sp³-hybridized carbons (Fsp3) is 0.400. The Kier molecular flexibility index (Phi) is 12.6. The minimum absolute atomic E-state index is 0.0446. The van der Waals surface area contributed by atoms with Crippen molar-refractivity contribution in [3.8, 4) is 0 Å². The number of aryl methyl sites for hydroxylation is 1. The van der Waals surface area contributed by atoms with Gasteiger partial charge in [-0.25, -0.2) is 13.2 Å². The van der Waals surface area contributed by atoms with Gasteiger partial charge in [0.25, 0.3) is 11.4 Å². The summed E-state index contributed by atoms with van der Waals surface area (Å²) in [4.78, 5) is 19.2. The van der Waals surface area contributed by atoms with Gasteiger partial charge in [0.05, 0.1) is 9.85 Å². The Balaban J connectivity index is 0.000000382. The van der Waals surface area contributed by atoms with Crippen molar-refractivity contribution < 1.29 is 62.5 Å². The van der Waals surface area contributed by atoms with Gasteiger partial charge in [-0.05, 0) is 64.8 Å². The number of nitro groups is 2. The van der Waals surface area contributed by atoms with Crippen LogP contribution in [0, 0.1) is 41.0 Å². The summed E-state index contributed by atoms with van der Waals surface area (Å²) in [6.45, 7) is 5.40. The Morgan fingerprint density at radius 2 is 0.780 bits per heavy atom. The van der Waals surface area contributed by atoms with Crippen LogP contribution in [-0.4, -0.2) is 28.4 Å². The molecule has 50 heavy (non-hydrogen) atoms. The highest BCUT2D eigenvalue weighted by molar-refractivity contribution is 5.63. The molecular weight excluding hydrogens is 708 g/mol. The molecule has 0 amide bonds. The molecule has 4 N–H and O–H groups in total. The molecule has 3 atom stereocenters. The van der Waals surface area contributed by atoms with Crippen molar-refractivity contribution in [2.45, 2.75) is 77.1 Å². The summed E-state index contributed by atoms with van der Waals surface area (Å²) in [6, 6.07) is 7.85. The van der Waals surface area contributed by atoms with E-state index in [9.17, 15) is 72.9 Å². The molecule has 0 aliphatic rings. The van der Waals surface area contributed by atoms with Gasteiger partial charge in [0.15, 0.2) is 0 Å². The van der Waals surface area contributed by atoms with Gasteiger partial charge in [0.1, 0.15) is 5.56 Å². The van der Waals surface area contributed by atoms with Crippen LogP contribution < -0.4 is 11.5 Å². The number of anilines is 2. The molecule has 278 valence electrons. The van der Waals surface area contributed by atoms with Crippen molar-refractivity contribution in [3.63, 3.8) is 0 Å². The average molecular weight is 739 g/mol. The second-order valence-electron chi connectivity index (χ2n) is 11.3. The topological polar surface area (TPSA) is 138 Å². The van der Waals surface area contributed by atoms with Gasteiger partial charge in [0.2, 0.25) is 17.0 Å². The Hall–Kier alpha value is -4.78. The molecule has 0 aliphatic heterocycles. The Morgan fingerprint density at radius 3 is 1.06 bits per heavy atom. The van der Waals surface area contributed by atoms with Crippen molar-refractivity contribution in [1.29, 1.82) is 0 Å². The highest BCUT2D eigenvalue weighted by atomic mass is 19.4. The van der Waals surface area contributed by atoms with Gasteiger partial charge < -0.3 is 11.5 Å². The van der Waals surface area contributed by atoms with E-state index >= 15 is 0 Å². The van der Waals surface area contributed by atoms with E-state index in [1.165, 1.54) is 12.1 Å². The number of benzene rings is 3. The first-order valence-corrected chi connectivity index (χ1v) is 13.7. The molecule has 0 spiro atoms. The van der Waals surface area contributed by atoms with Gasteiger partial charge in [-0.2, -0.15) is 39.5 Å². The molecule has 8 nitrogen and oxygen atoms in total. The van der Waals surface area contributed by atoms with E-state index in [-0.39, 0.29) is 23.9 Å². The van der Waals surface area contributed by atoms with Crippen LogP contribution in [0.1, 0.15) is 54.2 Å². The molecule has 3 unspecified atom stereocenters. The molecule has 0 saturated heterocycles. The first kappa shape index (κ1) is 43.2. The van der Waals surface area contributed by atoms with Gasteiger partial charge in [-0.1, -0.05) is 29.8 Å². The van der Waals surface area contributed by atoms with Gasteiger partial charge >= 0.3 is 18.5 Å². The van der Waals surface area contributed by atoms with Gasteiger partial charge in [-0.3, -0.25) is 20.2 Å². The SMILES string of the molecule is Cc1c(N)cc(C(C)(F)C(F)(F)F)cc1N.Cc1c([N+](=O)[O-])cc(C(C)(F)C(F)(F)F)cc1[N+](=O)[O-].Cc1ccc(C(C)(F)C(F)(F)F)cc1. The van der Waals surface area contributed by atoms with Crippen LogP contribution in [0.5, 0.6) is 0 Å². The molecule has 20 heteroatoms. The predicted octanol–water partition coefficient (Wildman–Crippen LogP) is 10.2. The third kappa shape index (κ3) is 9.46. The van der Waals surface area contributed by atoms with Crippen molar-refractivity contribution in [3.05, 3.63) is 102 Å². The number of rotatable bonds is 5. The monoisotopic (exact) mass is 738 g/mol. The third-order valence-electron chi connectivity index (χ3n) is 7.51. The smallest absolute Gasteiger partial charge is 0.398 e. The molecule has 0 radical (unpaired) electrons. The average Bonchev–Trinajstić information content (AvgIpc) is 2.94. The van der Waals surface area contributed by atoms with Gasteiger partial charge in [0, 0.05) is 34.6 Å². The minimum Gasteiger partial charge on any atom is -0.398 e. The first-order valence-electron chi connectivity index (χ1n) is 13.7. The van der Waals surface area contributed by atoms with E-state index in [4.69, 9.17) is 11.5 Å². The quantitative estimate of drug-likeness (QED) is 0.116. The second-order valence-corrected chi connectivity index (χ2v) is 11.3. The van der Waals surface area contributed by atoms with Crippen LogP contribution in [0.2, 0.25) is 0 Å². The fourth-order valence-electron chi connectivity index (χ4n) is 3.72. The van der Waals surface area contributed by atoms with Gasteiger partial charge in [-0.15, -0.1) is 0 Å². The number of nitrogens with two attached hydrogens (primary N) is 2. The highest BCUT2D eigenvalue weighted by Gasteiger charge is 2.55. The maximum Gasteiger partial charge on any atom is 0.426 e. The summed E-state index contributed by atoms with van der Waals surface area (Å²) in [5.41, 5.74) is -2.90. The largest absolute Gasteiger partial charge is 0.426 e. The zero-order valence-corrected chi connectivity index (χ0v) is 26.8. The van der Waals surface area contributed by atoms with Crippen LogP contribution in [0.15, 0.2) is 48.5 Å². The summed E-state index contributed by atoms with van der Waals surface area (Å²) >= 11 is 0. The summed E-state index contributed by atoms with van der Waals surface area (Å²) in [5.74, 6) is 0. The molecule has 0 aliphatic carbocycles. The van der Waals surface area contributed by atoms with E-state index < -0.39 is 73.4 Å². The lowest BCUT2D eigenvalue weighted by Gasteiger charge is -2.25. The standard InChI is InChI=1S/C10H8F4N2O4.C10H12F4N2.C10H10F4/c1-5-7(15(17)18)3-6(4-8(5)16(19)20)9(2,11)10(12,13)14;1-5-7(15)3-6(4-8(5)16)9(2,11)10(12,13)14;1-7-3-5-8(6-4-7)9(2,11)10(12,13)14/h3-4H,1-2H3;3-4H,15-16H2,1-2H3;3-6H,1-2H3. The summed E-state index contributed by atoms with van der Waals surface area (Å²) in [5, 5.41) is 21.4. The number of nitrogen functional groups attached to an aromatic ring is 2. The van der Waals surface area contributed by atoms with Crippen LogP contribution in [0.4, 0.5) is 75.4 Å². The number of halogens is 12. The lowest BCUT2D eigenvalue weighted by atomic mass is 9.94. The van der Waals surface area contributed by atoms with Crippen LogP contribution >= 0.6 is 0 Å². The van der Waals surface area contributed by atoms with Crippen LogP contribution in [0.25, 0.3) is 0 Å². The predicted molar refractivity (Wildman–Crippen MR) is 159 cm³/mol. The molecule has 0 saturated carbocycles. The molecule has 3 aromatic carbocycles. The first-order chi connectivity index (χ1) is 22.2. The van der Waals surface area contributed by atoms with Crippen molar-refractivity contribution in [2.24, 2.45) is 0 Å². The molecule has 0 fully saturated rings. The molecular formula is C30H30F12N4O4. The summed E-state index contributed by atoms with van der Waals surface area (Å²) in [6.07, 6.45) is -15.2. The van der Waals surface area contributed by atoms with E-state index in [0.717, 1.165) is 36.8 Å². The zero-order valence-electron chi connectivity index (χ0n) is 26.8. The molecule has 3 rings (SSSR count). The normalized spacial score (nSPS) is 15.6. The second kappa shape index (κ2) is 14.6. The van der Waals surface area contributed by atoms with E-state index in [2.05, 4.69) is 0 Å².